The number of anilines is 1. The summed E-state index contributed by atoms with van der Waals surface area (Å²) in [7, 11) is 1.57. The number of amides is 2. The Kier molecular flexibility index (Phi) is 5.15. The molecule has 0 atom stereocenters. The molecule has 5 heteroatoms. The highest BCUT2D eigenvalue weighted by Gasteiger charge is 2.03. The number of ether oxygens (including phenoxy) is 1. The van der Waals surface area contributed by atoms with Gasteiger partial charge in [-0.1, -0.05) is 25.1 Å². The number of rotatable bonds is 5. The third kappa shape index (κ3) is 4.49. The molecule has 5 nitrogen and oxygen atoms in total. The predicted octanol–water partition coefficient (Wildman–Crippen LogP) is 2.97. The molecule has 2 aromatic rings. The quantitative estimate of drug-likeness (QED) is 0.887. The van der Waals surface area contributed by atoms with Crippen LogP contribution in [0.1, 0.15) is 18.1 Å². The van der Waals surface area contributed by atoms with E-state index in [1.54, 1.807) is 19.4 Å². The number of hydrogen-bond acceptors (Lipinski definition) is 3. The number of methoxy groups -OCH3 is 1. The Morgan fingerprint density at radius 2 is 2.10 bits per heavy atom. The largest absolute Gasteiger partial charge is 0.481 e. The molecule has 0 unspecified atom stereocenters. The van der Waals surface area contributed by atoms with E-state index in [1.165, 1.54) is 5.56 Å². The van der Waals surface area contributed by atoms with Gasteiger partial charge in [0.1, 0.15) is 0 Å². The lowest BCUT2D eigenvalue weighted by atomic mass is 10.1. The molecular weight excluding hydrogens is 266 g/mol. The SMILES string of the molecule is CCc1cccc(NC(=O)NCc2ccc(OC)nc2)c1. The molecule has 1 heterocycles. The third-order valence-electron chi connectivity index (χ3n) is 3.05. The van der Waals surface area contributed by atoms with Gasteiger partial charge in [-0.05, 0) is 29.7 Å². The Hall–Kier alpha value is -2.56. The highest BCUT2D eigenvalue weighted by molar-refractivity contribution is 5.89. The van der Waals surface area contributed by atoms with Crippen LogP contribution in [0.25, 0.3) is 0 Å². The van der Waals surface area contributed by atoms with Crippen molar-refractivity contribution in [2.75, 3.05) is 12.4 Å². The molecule has 0 fully saturated rings. The molecule has 0 aliphatic carbocycles. The molecule has 2 rings (SSSR count). The van der Waals surface area contributed by atoms with E-state index in [2.05, 4.69) is 22.5 Å². The van der Waals surface area contributed by atoms with Crippen molar-refractivity contribution in [3.05, 3.63) is 53.7 Å². The number of hydrogen-bond donors (Lipinski definition) is 2. The monoisotopic (exact) mass is 285 g/mol. The summed E-state index contributed by atoms with van der Waals surface area (Å²) in [6.07, 6.45) is 2.62. The first-order chi connectivity index (χ1) is 10.2. The van der Waals surface area contributed by atoms with Gasteiger partial charge in [-0.2, -0.15) is 0 Å². The maximum absolute atomic E-state index is 11.8. The minimum absolute atomic E-state index is 0.237. The van der Waals surface area contributed by atoms with Crippen LogP contribution in [0, 0.1) is 0 Å². The first-order valence-corrected chi connectivity index (χ1v) is 6.84. The average molecular weight is 285 g/mol. The lowest BCUT2D eigenvalue weighted by molar-refractivity contribution is 0.251. The molecule has 1 aromatic heterocycles. The van der Waals surface area contributed by atoms with Gasteiger partial charge in [0.2, 0.25) is 5.88 Å². The number of pyridine rings is 1. The number of benzene rings is 1. The van der Waals surface area contributed by atoms with Crippen molar-refractivity contribution in [2.24, 2.45) is 0 Å². The average Bonchev–Trinajstić information content (AvgIpc) is 2.53. The van der Waals surface area contributed by atoms with Gasteiger partial charge < -0.3 is 15.4 Å². The molecule has 0 aliphatic heterocycles. The molecule has 0 spiro atoms. The second kappa shape index (κ2) is 7.28. The van der Waals surface area contributed by atoms with Crippen molar-refractivity contribution in [1.82, 2.24) is 10.3 Å². The maximum atomic E-state index is 11.8. The van der Waals surface area contributed by atoms with Crippen LogP contribution in [0.3, 0.4) is 0 Å². The lowest BCUT2D eigenvalue weighted by Crippen LogP contribution is -2.28. The van der Waals surface area contributed by atoms with Gasteiger partial charge in [0, 0.05) is 24.5 Å². The summed E-state index contributed by atoms with van der Waals surface area (Å²) in [5, 5.41) is 5.61. The Labute approximate surface area is 124 Å². The summed E-state index contributed by atoms with van der Waals surface area (Å²) < 4.78 is 4.98. The van der Waals surface area contributed by atoms with E-state index in [0.29, 0.717) is 12.4 Å². The molecule has 0 saturated carbocycles. The van der Waals surface area contributed by atoms with Gasteiger partial charge in [0.25, 0.3) is 0 Å². The molecule has 1 aromatic carbocycles. The van der Waals surface area contributed by atoms with E-state index in [1.807, 2.05) is 30.3 Å². The zero-order valence-corrected chi connectivity index (χ0v) is 12.2. The summed E-state index contributed by atoms with van der Waals surface area (Å²) in [6.45, 7) is 2.49. The molecule has 0 aliphatic rings. The first-order valence-electron chi connectivity index (χ1n) is 6.84. The van der Waals surface area contributed by atoms with Crippen LogP contribution in [0.4, 0.5) is 10.5 Å². The highest BCUT2D eigenvalue weighted by atomic mass is 16.5. The van der Waals surface area contributed by atoms with Crippen LogP contribution >= 0.6 is 0 Å². The van der Waals surface area contributed by atoms with Crippen molar-refractivity contribution in [1.29, 1.82) is 0 Å². The third-order valence-corrected chi connectivity index (χ3v) is 3.05. The summed E-state index contributed by atoms with van der Waals surface area (Å²) >= 11 is 0. The Balaban J connectivity index is 1.86. The number of urea groups is 1. The number of carbonyl (C=O) groups excluding carboxylic acids is 1. The summed E-state index contributed by atoms with van der Waals surface area (Å²) in [5.74, 6) is 0.555. The second-order valence-electron chi connectivity index (χ2n) is 4.57. The van der Waals surface area contributed by atoms with E-state index in [-0.39, 0.29) is 6.03 Å². The minimum atomic E-state index is -0.237. The van der Waals surface area contributed by atoms with E-state index < -0.39 is 0 Å². The number of nitrogens with one attached hydrogen (secondary N) is 2. The van der Waals surface area contributed by atoms with Gasteiger partial charge in [0.05, 0.1) is 7.11 Å². The van der Waals surface area contributed by atoms with Crippen molar-refractivity contribution >= 4 is 11.7 Å². The molecule has 0 saturated heterocycles. The van der Waals surface area contributed by atoms with Crippen molar-refractivity contribution in [3.63, 3.8) is 0 Å². The van der Waals surface area contributed by atoms with Gasteiger partial charge in [-0.3, -0.25) is 0 Å². The van der Waals surface area contributed by atoms with Crippen LogP contribution in [0.5, 0.6) is 5.88 Å². The molecular formula is C16H19N3O2. The lowest BCUT2D eigenvalue weighted by Gasteiger charge is -2.09. The standard InChI is InChI=1S/C16H19N3O2/c1-3-12-5-4-6-14(9-12)19-16(20)18-11-13-7-8-15(21-2)17-10-13/h4-10H,3,11H2,1-2H3,(H2,18,19,20). The molecule has 2 N–H and O–H groups in total. The van der Waals surface area contributed by atoms with Crippen LogP contribution in [-0.2, 0) is 13.0 Å². The summed E-state index contributed by atoms with van der Waals surface area (Å²) in [6, 6.07) is 11.2. The Morgan fingerprint density at radius 3 is 2.76 bits per heavy atom. The predicted molar refractivity (Wildman–Crippen MR) is 82.5 cm³/mol. The number of nitrogens with zero attached hydrogens (tertiary/aromatic N) is 1. The minimum Gasteiger partial charge on any atom is -0.481 e. The fraction of sp³-hybridized carbons (Fsp3) is 0.250. The molecule has 0 radical (unpaired) electrons. The second-order valence-corrected chi connectivity index (χ2v) is 4.57. The Bertz CT molecular complexity index is 597. The fourth-order valence-electron chi connectivity index (χ4n) is 1.86. The summed E-state index contributed by atoms with van der Waals surface area (Å²) in [4.78, 5) is 15.9. The van der Waals surface area contributed by atoms with Crippen molar-refractivity contribution < 1.29 is 9.53 Å². The molecule has 21 heavy (non-hydrogen) atoms. The van der Waals surface area contributed by atoms with Crippen molar-refractivity contribution in [3.8, 4) is 5.88 Å². The van der Waals surface area contributed by atoms with Gasteiger partial charge >= 0.3 is 6.03 Å². The first kappa shape index (κ1) is 14.8. The molecule has 2 amide bonds. The van der Waals surface area contributed by atoms with Crippen molar-refractivity contribution in [2.45, 2.75) is 19.9 Å². The number of carbonyl (C=O) groups is 1. The van der Waals surface area contributed by atoms with Gasteiger partial charge in [0.15, 0.2) is 0 Å². The van der Waals surface area contributed by atoms with Crippen LogP contribution in [-0.4, -0.2) is 18.1 Å². The van der Waals surface area contributed by atoms with Crippen LogP contribution < -0.4 is 15.4 Å². The Morgan fingerprint density at radius 1 is 1.24 bits per heavy atom. The molecule has 0 bridgehead atoms. The molecule has 110 valence electrons. The summed E-state index contributed by atoms with van der Waals surface area (Å²) in [5.41, 5.74) is 2.89. The highest BCUT2D eigenvalue weighted by Crippen LogP contribution is 2.11. The van der Waals surface area contributed by atoms with E-state index in [9.17, 15) is 4.79 Å². The zero-order valence-electron chi connectivity index (χ0n) is 12.2. The normalized spacial score (nSPS) is 10.0. The van der Waals surface area contributed by atoms with Gasteiger partial charge in [-0.25, -0.2) is 9.78 Å². The smallest absolute Gasteiger partial charge is 0.319 e. The van der Waals surface area contributed by atoms with E-state index in [4.69, 9.17) is 4.74 Å². The van der Waals surface area contributed by atoms with Crippen LogP contribution in [0.2, 0.25) is 0 Å². The number of aromatic nitrogens is 1. The number of aryl methyl sites for hydroxylation is 1. The van der Waals surface area contributed by atoms with Gasteiger partial charge in [-0.15, -0.1) is 0 Å². The van der Waals surface area contributed by atoms with Crippen LogP contribution in [0.15, 0.2) is 42.6 Å². The van der Waals surface area contributed by atoms with E-state index >= 15 is 0 Å². The maximum Gasteiger partial charge on any atom is 0.319 e. The fourth-order valence-corrected chi connectivity index (χ4v) is 1.86. The topological polar surface area (TPSA) is 63.2 Å². The van der Waals surface area contributed by atoms with E-state index in [0.717, 1.165) is 17.7 Å². The zero-order chi connectivity index (χ0) is 15.1.